The number of pyridine rings is 1. The summed E-state index contributed by atoms with van der Waals surface area (Å²) in [7, 11) is 4.28. The van der Waals surface area contributed by atoms with Gasteiger partial charge in [-0.25, -0.2) is 24.1 Å². The summed E-state index contributed by atoms with van der Waals surface area (Å²) in [5.41, 5.74) is 7.40. The van der Waals surface area contributed by atoms with E-state index >= 15 is 4.39 Å². The van der Waals surface area contributed by atoms with Gasteiger partial charge in [-0.1, -0.05) is 18.2 Å². The number of anilines is 5. The van der Waals surface area contributed by atoms with E-state index in [-0.39, 0.29) is 52.9 Å². The second-order valence-corrected chi connectivity index (χ2v) is 11.7. The third-order valence-electron chi connectivity index (χ3n) is 7.85. The molecule has 1 atom stereocenters. The highest BCUT2D eigenvalue weighted by Gasteiger charge is 2.36. The lowest BCUT2D eigenvalue weighted by Crippen LogP contribution is -2.46. The predicted molar refractivity (Wildman–Crippen MR) is 182 cm³/mol. The fourth-order valence-electron chi connectivity index (χ4n) is 5.33. The molecule has 0 radical (unpaired) electrons. The number of nitrogens with two attached hydrogens (primary N) is 1. The van der Waals surface area contributed by atoms with Gasteiger partial charge in [-0.2, -0.15) is 4.98 Å². The van der Waals surface area contributed by atoms with Gasteiger partial charge < -0.3 is 45.0 Å². The molecule has 0 unspecified atom stereocenters. The molecule has 0 spiro atoms. The van der Waals surface area contributed by atoms with Crippen LogP contribution in [-0.4, -0.2) is 71.5 Å². The Balaban J connectivity index is 1.31. The lowest BCUT2D eigenvalue weighted by molar-refractivity contribution is -0.129. The molecule has 2 amide bonds. The van der Waals surface area contributed by atoms with Crippen molar-refractivity contribution in [2.24, 2.45) is 5.73 Å². The second-order valence-electron chi connectivity index (χ2n) is 11.7. The molecule has 4 heterocycles. The van der Waals surface area contributed by atoms with Crippen molar-refractivity contribution >= 4 is 52.0 Å². The summed E-state index contributed by atoms with van der Waals surface area (Å²) >= 11 is 0. The number of methoxy groups -OCH3 is 3. The monoisotopic (exact) mass is 686 g/mol. The number of rotatable bonds is 11. The first-order valence-corrected chi connectivity index (χ1v) is 15.4. The highest BCUT2D eigenvalue weighted by Crippen LogP contribution is 2.42. The van der Waals surface area contributed by atoms with Gasteiger partial charge in [0.15, 0.2) is 40.3 Å². The number of aromatic nitrogens is 4. The minimum absolute atomic E-state index is 0.126. The molecule has 15 nitrogen and oxygen atoms in total. The zero-order chi connectivity index (χ0) is 35.6. The Morgan fingerprint density at radius 2 is 1.82 bits per heavy atom. The minimum atomic E-state index is -1.09. The average molecular weight is 687 g/mol. The number of ether oxygens (including phenoxy) is 5. The number of fused-ring (bicyclic) bond motifs is 2. The molecule has 3 aromatic heterocycles. The number of carbonyl (C=O) groups excluding carboxylic acids is 2. The van der Waals surface area contributed by atoms with Gasteiger partial charge in [-0.05, 0) is 44.0 Å². The fraction of sp³-hybridized carbons (Fsp3) is 0.265. The molecule has 2 aromatic carbocycles. The maximum absolute atomic E-state index is 15.2. The largest absolute Gasteiger partial charge is 0.493 e. The van der Waals surface area contributed by atoms with Crippen molar-refractivity contribution < 1.29 is 37.7 Å². The van der Waals surface area contributed by atoms with Gasteiger partial charge in [0.25, 0.3) is 5.91 Å². The highest BCUT2D eigenvalue weighted by molar-refractivity contribution is 5.99. The maximum Gasteiger partial charge on any atom is 0.421 e. The third kappa shape index (κ3) is 6.73. The number of amides is 2. The first kappa shape index (κ1) is 33.7. The Morgan fingerprint density at radius 3 is 2.54 bits per heavy atom. The van der Waals surface area contributed by atoms with Crippen LogP contribution in [0.15, 0.2) is 60.9 Å². The maximum atomic E-state index is 15.2. The molecular weight excluding hydrogens is 651 g/mol. The van der Waals surface area contributed by atoms with Crippen molar-refractivity contribution in [3.8, 4) is 23.0 Å². The van der Waals surface area contributed by atoms with Crippen LogP contribution in [0.1, 0.15) is 19.4 Å². The summed E-state index contributed by atoms with van der Waals surface area (Å²) in [5, 5.41) is 6.47. The normalized spacial score (nSPS) is 13.8. The smallest absolute Gasteiger partial charge is 0.421 e. The van der Waals surface area contributed by atoms with Crippen molar-refractivity contribution in [1.29, 1.82) is 0 Å². The number of benzene rings is 2. The first-order chi connectivity index (χ1) is 24.0. The number of carbonyl (C=O) groups is 2. The van der Waals surface area contributed by atoms with E-state index in [4.69, 9.17) is 29.4 Å². The van der Waals surface area contributed by atoms with Crippen molar-refractivity contribution in [2.45, 2.75) is 31.9 Å². The molecule has 0 bridgehead atoms. The average Bonchev–Trinajstić information content (AvgIpc) is 3.51. The zero-order valence-electron chi connectivity index (χ0n) is 27.9. The van der Waals surface area contributed by atoms with Crippen LogP contribution in [0.3, 0.4) is 0 Å². The Kier molecular flexibility index (Phi) is 9.28. The quantitative estimate of drug-likeness (QED) is 0.142. The summed E-state index contributed by atoms with van der Waals surface area (Å²) < 4.78 is 43.0. The Morgan fingerprint density at radius 1 is 1.08 bits per heavy atom. The van der Waals surface area contributed by atoms with Crippen LogP contribution in [0.2, 0.25) is 0 Å². The minimum Gasteiger partial charge on any atom is -0.493 e. The van der Waals surface area contributed by atoms with Gasteiger partial charge in [0.05, 0.1) is 33.2 Å². The Labute approximate surface area is 285 Å². The van der Waals surface area contributed by atoms with Crippen LogP contribution in [0, 0.1) is 5.82 Å². The molecule has 0 aliphatic carbocycles. The molecule has 1 aliphatic heterocycles. The summed E-state index contributed by atoms with van der Waals surface area (Å²) in [6, 6.07) is 13.3. The molecule has 50 heavy (non-hydrogen) atoms. The van der Waals surface area contributed by atoms with Gasteiger partial charge in [0, 0.05) is 35.3 Å². The molecular formula is C34H35FN8O7. The number of nitrogens with one attached hydrogen (secondary N) is 3. The molecule has 260 valence electrons. The zero-order valence-corrected chi connectivity index (χ0v) is 27.9. The van der Waals surface area contributed by atoms with E-state index in [1.165, 1.54) is 39.5 Å². The lowest BCUT2D eigenvalue weighted by Gasteiger charge is -2.30. The summed E-state index contributed by atoms with van der Waals surface area (Å²) in [5.74, 6) is -0.525. The molecule has 6 rings (SSSR count). The topological polar surface area (TPSA) is 188 Å². The van der Waals surface area contributed by atoms with Gasteiger partial charge in [-0.3, -0.25) is 4.79 Å². The Bertz CT molecular complexity index is 2050. The number of hydrogen-bond donors (Lipinski definition) is 4. The molecule has 0 fully saturated rings. The van der Waals surface area contributed by atoms with Gasteiger partial charge in [0.1, 0.15) is 12.4 Å². The standard InChI is InChI=1S/C34H35FN8O7/c1-34(2)31(44)41-30-24(50-34)10-11-27(40-30)39-29-22(35)16-38-32(42-29)43(20-13-25(46-3)28(48-5)26(14-20)47-4)33(45)49-17-19(36)12-18-15-37-23-9-7-6-8-21(18)23/h6-11,13-16,19,37H,12,17,36H2,1-5H3,(H2,38,39,40,41,42,44)/t19-/m0/s1. The van der Waals surface area contributed by atoms with Crippen molar-refractivity contribution in [2.75, 3.05) is 43.5 Å². The molecule has 0 saturated carbocycles. The van der Waals surface area contributed by atoms with Gasteiger partial charge >= 0.3 is 6.09 Å². The van der Waals surface area contributed by atoms with E-state index < -0.39 is 29.5 Å². The van der Waals surface area contributed by atoms with Crippen LogP contribution in [-0.2, 0) is 16.0 Å². The second kappa shape index (κ2) is 13.8. The highest BCUT2D eigenvalue weighted by atomic mass is 19.1. The van der Waals surface area contributed by atoms with E-state index in [9.17, 15) is 9.59 Å². The molecule has 16 heteroatoms. The van der Waals surface area contributed by atoms with E-state index in [0.717, 1.165) is 27.6 Å². The molecule has 0 saturated heterocycles. The van der Waals surface area contributed by atoms with E-state index in [1.807, 2.05) is 30.5 Å². The van der Waals surface area contributed by atoms with Crippen LogP contribution in [0.25, 0.3) is 10.9 Å². The molecule has 5 aromatic rings. The fourth-order valence-corrected chi connectivity index (χ4v) is 5.33. The van der Waals surface area contributed by atoms with Crippen LogP contribution >= 0.6 is 0 Å². The van der Waals surface area contributed by atoms with Crippen molar-refractivity contribution in [1.82, 2.24) is 19.9 Å². The van der Waals surface area contributed by atoms with Crippen LogP contribution < -0.4 is 40.2 Å². The Hall–Kier alpha value is -6.16. The van der Waals surface area contributed by atoms with E-state index in [0.29, 0.717) is 12.2 Å². The lowest BCUT2D eigenvalue weighted by atomic mass is 10.1. The third-order valence-corrected chi connectivity index (χ3v) is 7.85. The first-order valence-electron chi connectivity index (χ1n) is 15.4. The summed E-state index contributed by atoms with van der Waals surface area (Å²) in [4.78, 5) is 43.3. The molecule has 5 N–H and O–H groups in total. The number of halogens is 1. The van der Waals surface area contributed by atoms with Crippen molar-refractivity contribution in [3.05, 3.63) is 72.3 Å². The number of H-pyrrole nitrogens is 1. The SMILES string of the molecule is COc1cc(N(C(=O)OC[C@@H](N)Cc2c[nH]c3ccccc23)c2ncc(F)c(Nc3ccc4c(n3)NC(=O)C(C)(C)O4)n2)cc(OC)c1OC. The van der Waals surface area contributed by atoms with Crippen LogP contribution in [0.5, 0.6) is 23.0 Å². The van der Waals surface area contributed by atoms with E-state index in [1.54, 1.807) is 19.9 Å². The number of aromatic amines is 1. The number of hydrogen-bond acceptors (Lipinski definition) is 12. The van der Waals surface area contributed by atoms with Crippen molar-refractivity contribution in [3.63, 3.8) is 0 Å². The summed E-state index contributed by atoms with van der Waals surface area (Å²) in [6.07, 6.45) is 2.26. The van der Waals surface area contributed by atoms with Gasteiger partial charge in [0.2, 0.25) is 11.7 Å². The number of nitrogens with zero attached hydrogens (tertiary/aromatic N) is 4. The van der Waals surface area contributed by atoms with Gasteiger partial charge in [-0.15, -0.1) is 0 Å². The number of para-hydroxylation sites is 1. The predicted octanol–water partition coefficient (Wildman–Crippen LogP) is 5.22. The van der Waals surface area contributed by atoms with E-state index in [2.05, 4.69) is 30.6 Å². The van der Waals surface area contributed by atoms with Crippen LogP contribution in [0.4, 0.5) is 38.3 Å². The summed E-state index contributed by atoms with van der Waals surface area (Å²) in [6.45, 7) is 3.07. The molecule has 1 aliphatic rings.